The number of nitrogens with zero attached hydrogens (tertiary/aromatic N) is 1. The van der Waals surface area contributed by atoms with Crippen molar-refractivity contribution in [1.29, 1.82) is 0 Å². The number of nitrogens with one attached hydrogen (secondary N) is 2. The molecule has 6 nitrogen and oxygen atoms in total. The number of anilines is 2. The average Bonchev–Trinajstić information content (AvgIpc) is 3.30. The molecule has 2 aromatic heterocycles. The predicted molar refractivity (Wildman–Crippen MR) is 106 cm³/mol. The van der Waals surface area contributed by atoms with Crippen LogP contribution >= 0.6 is 22.9 Å². The molecule has 0 unspecified atom stereocenters. The number of fused-ring (bicyclic) bond motifs is 1. The summed E-state index contributed by atoms with van der Waals surface area (Å²) in [7, 11) is 0. The maximum Gasteiger partial charge on any atom is 0.293 e. The fourth-order valence-corrected chi connectivity index (χ4v) is 3.55. The van der Waals surface area contributed by atoms with Crippen LogP contribution in [0.25, 0.3) is 10.2 Å². The predicted octanol–water partition coefficient (Wildman–Crippen LogP) is 5.05. The number of aromatic nitrogens is 1. The van der Waals surface area contributed by atoms with Crippen LogP contribution in [0.3, 0.4) is 0 Å². The first kappa shape index (κ1) is 17.3. The summed E-state index contributed by atoms with van der Waals surface area (Å²) in [6.07, 6.45) is 1.43. The first-order valence-corrected chi connectivity index (χ1v) is 9.10. The molecule has 2 heterocycles. The van der Waals surface area contributed by atoms with Gasteiger partial charge in [-0.1, -0.05) is 29.0 Å². The molecule has 0 saturated carbocycles. The third-order valence-corrected chi connectivity index (χ3v) is 4.87. The normalized spacial score (nSPS) is 10.7. The Balaban J connectivity index is 1.52. The van der Waals surface area contributed by atoms with Crippen molar-refractivity contribution in [3.8, 4) is 0 Å². The van der Waals surface area contributed by atoms with Crippen molar-refractivity contribution in [2.45, 2.75) is 0 Å². The van der Waals surface area contributed by atoms with E-state index < -0.39 is 0 Å². The number of benzene rings is 2. The van der Waals surface area contributed by atoms with Gasteiger partial charge >= 0.3 is 0 Å². The molecule has 8 heteroatoms. The molecule has 27 heavy (non-hydrogen) atoms. The third kappa shape index (κ3) is 3.84. The Labute approximate surface area is 162 Å². The van der Waals surface area contributed by atoms with E-state index in [0.29, 0.717) is 21.4 Å². The number of thiazole rings is 1. The number of hydrogen-bond donors (Lipinski definition) is 2. The highest BCUT2D eigenvalue weighted by Gasteiger charge is 2.13. The van der Waals surface area contributed by atoms with E-state index in [1.165, 1.54) is 17.6 Å². The van der Waals surface area contributed by atoms with E-state index in [4.69, 9.17) is 16.0 Å². The molecule has 0 fully saturated rings. The Bertz CT molecular complexity index is 1140. The molecule has 4 rings (SSSR count). The quantitative estimate of drug-likeness (QED) is 0.504. The van der Waals surface area contributed by atoms with E-state index >= 15 is 0 Å². The lowest BCUT2D eigenvalue weighted by Gasteiger charge is -2.05. The lowest BCUT2D eigenvalue weighted by Crippen LogP contribution is -2.11. The Morgan fingerprint density at radius 3 is 2.67 bits per heavy atom. The number of carbonyl (C=O) groups is 2. The minimum atomic E-state index is -0.367. The van der Waals surface area contributed by atoms with Gasteiger partial charge < -0.3 is 9.73 Å². The molecule has 2 amide bonds. The van der Waals surface area contributed by atoms with Crippen LogP contribution < -0.4 is 10.6 Å². The van der Waals surface area contributed by atoms with Crippen molar-refractivity contribution < 1.29 is 14.0 Å². The SMILES string of the molecule is O=C(Nc1ccc2nc(NC(=O)c3ccco3)sc2c1)c1cccc(Cl)c1. The zero-order chi connectivity index (χ0) is 18.8. The van der Waals surface area contributed by atoms with Crippen LogP contribution in [0.15, 0.2) is 65.3 Å². The molecule has 0 aliphatic carbocycles. The van der Waals surface area contributed by atoms with Gasteiger partial charge in [-0.15, -0.1) is 0 Å². The smallest absolute Gasteiger partial charge is 0.293 e. The van der Waals surface area contributed by atoms with Crippen molar-refractivity contribution in [3.63, 3.8) is 0 Å². The first-order valence-electron chi connectivity index (χ1n) is 7.91. The standard InChI is InChI=1S/C19H12ClN3O3S/c20-12-4-1-3-11(9-12)17(24)21-13-6-7-14-16(10-13)27-19(22-14)23-18(25)15-5-2-8-26-15/h1-10H,(H,21,24)(H,22,23,25). The third-order valence-electron chi connectivity index (χ3n) is 3.70. The summed E-state index contributed by atoms with van der Waals surface area (Å²) in [5.74, 6) is -0.412. The van der Waals surface area contributed by atoms with E-state index in [-0.39, 0.29) is 17.6 Å². The molecule has 2 N–H and O–H groups in total. The Kier molecular flexibility index (Phi) is 4.62. The highest BCUT2D eigenvalue weighted by Crippen LogP contribution is 2.29. The van der Waals surface area contributed by atoms with Gasteiger partial charge in [0.25, 0.3) is 11.8 Å². The van der Waals surface area contributed by atoms with Crippen LogP contribution in [0.4, 0.5) is 10.8 Å². The van der Waals surface area contributed by atoms with Crippen molar-refractivity contribution in [2.24, 2.45) is 0 Å². The molecule has 0 aliphatic rings. The summed E-state index contributed by atoms with van der Waals surface area (Å²) >= 11 is 7.23. The number of amides is 2. The Hall–Kier alpha value is -3.16. The first-order chi connectivity index (χ1) is 13.1. The molecule has 4 aromatic rings. The number of hydrogen-bond acceptors (Lipinski definition) is 5. The van der Waals surface area contributed by atoms with E-state index in [9.17, 15) is 9.59 Å². The van der Waals surface area contributed by atoms with Gasteiger partial charge in [0.05, 0.1) is 16.5 Å². The molecule has 0 saturated heterocycles. The maximum atomic E-state index is 12.3. The molecule has 0 aliphatic heterocycles. The van der Waals surface area contributed by atoms with Gasteiger partial charge in [-0.3, -0.25) is 14.9 Å². The second kappa shape index (κ2) is 7.22. The minimum Gasteiger partial charge on any atom is -0.459 e. The van der Waals surface area contributed by atoms with E-state index in [0.717, 1.165) is 10.2 Å². The van der Waals surface area contributed by atoms with Crippen molar-refractivity contribution in [2.75, 3.05) is 10.6 Å². The number of carbonyl (C=O) groups excluding carboxylic acids is 2. The minimum absolute atomic E-state index is 0.212. The molecule has 0 spiro atoms. The molecule has 2 aromatic carbocycles. The molecule has 0 atom stereocenters. The monoisotopic (exact) mass is 397 g/mol. The van der Waals surface area contributed by atoms with Crippen molar-refractivity contribution >= 4 is 55.8 Å². The highest BCUT2D eigenvalue weighted by atomic mass is 35.5. The van der Waals surface area contributed by atoms with Gasteiger partial charge in [-0.25, -0.2) is 4.98 Å². The fraction of sp³-hybridized carbons (Fsp3) is 0. The second-order valence-electron chi connectivity index (χ2n) is 5.60. The van der Waals surface area contributed by atoms with Crippen LogP contribution in [0, 0.1) is 0 Å². The Morgan fingerprint density at radius 2 is 1.89 bits per heavy atom. The van der Waals surface area contributed by atoms with Crippen LogP contribution in [0.1, 0.15) is 20.9 Å². The van der Waals surface area contributed by atoms with Crippen molar-refractivity contribution in [3.05, 3.63) is 77.2 Å². The average molecular weight is 398 g/mol. The molecule has 0 radical (unpaired) electrons. The zero-order valence-electron chi connectivity index (χ0n) is 13.7. The van der Waals surface area contributed by atoms with Gasteiger partial charge in [0.1, 0.15) is 0 Å². The summed E-state index contributed by atoms with van der Waals surface area (Å²) in [6, 6.07) is 15.3. The summed E-state index contributed by atoms with van der Waals surface area (Å²) < 4.78 is 5.89. The van der Waals surface area contributed by atoms with E-state index in [2.05, 4.69) is 15.6 Å². The summed E-state index contributed by atoms with van der Waals surface area (Å²) in [4.78, 5) is 28.7. The van der Waals surface area contributed by atoms with Crippen LogP contribution in [-0.4, -0.2) is 16.8 Å². The largest absolute Gasteiger partial charge is 0.459 e. The van der Waals surface area contributed by atoms with Gasteiger partial charge in [-0.05, 0) is 48.5 Å². The summed E-state index contributed by atoms with van der Waals surface area (Å²) in [6.45, 7) is 0. The topological polar surface area (TPSA) is 84.2 Å². The van der Waals surface area contributed by atoms with Gasteiger partial charge in [-0.2, -0.15) is 0 Å². The van der Waals surface area contributed by atoms with Gasteiger partial charge in [0.15, 0.2) is 10.9 Å². The van der Waals surface area contributed by atoms with Crippen LogP contribution in [-0.2, 0) is 0 Å². The number of furan rings is 1. The van der Waals surface area contributed by atoms with E-state index in [1.807, 2.05) is 0 Å². The second-order valence-corrected chi connectivity index (χ2v) is 7.06. The fourth-order valence-electron chi connectivity index (χ4n) is 2.46. The van der Waals surface area contributed by atoms with Crippen LogP contribution in [0.5, 0.6) is 0 Å². The van der Waals surface area contributed by atoms with Gasteiger partial charge in [0.2, 0.25) is 0 Å². The lowest BCUT2D eigenvalue weighted by molar-refractivity contribution is 0.0994. The maximum absolute atomic E-state index is 12.3. The number of rotatable bonds is 4. The van der Waals surface area contributed by atoms with Gasteiger partial charge in [0, 0.05) is 16.3 Å². The zero-order valence-corrected chi connectivity index (χ0v) is 15.3. The van der Waals surface area contributed by atoms with Crippen LogP contribution in [0.2, 0.25) is 5.02 Å². The molecule has 134 valence electrons. The number of halogens is 1. The molecule has 0 bridgehead atoms. The molecular weight excluding hydrogens is 386 g/mol. The molecular formula is C19H12ClN3O3S. The lowest BCUT2D eigenvalue weighted by atomic mass is 10.2. The summed E-state index contributed by atoms with van der Waals surface area (Å²) in [5.41, 5.74) is 1.81. The Morgan fingerprint density at radius 1 is 1.00 bits per heavy atom. The summed E-state index contributed by atoms with van der Waals surface area (Å²) in [5, 5.41) is 6.47. The van der Waals surface area contributed by atoms with Crippen molar-refractivity contribution in [1.82, 2.24) is 4.98 Å². The van der Waals surface area contributed by atoms with E-state index in [1.54, 1.807) is 54.6 Å². The highest BCUT2D eigenvalue weighted by molar-refractivity contribution is 7.22.